The van der Waals surface area contributed by atoms with E-state index in [9.17, 15) is 14.9 Å². The maximum atomic E-state index is 12.1. The number of carbonyl (C=O) groups is 2. The molecule has 2 heterocycles. The number of rotatable bonds is 5. The van der Waals surface area contributed by atoms with Gasteiger partial charge < -0.3 is 10.6 Å². The number of allylic oxidation sites excluding steroid dienone is 1. The van der Waals surface area contributed by atoms with Crippen LogP contribution in [0.15, 0.2) is 58.4 Å². The van der Waals surface area contributed by atoms with Gasteiger partial charge in [-0.05, 0) is 23.6 Å². The monoisotopic (exact) mass is 369 g/mol. The third-order valence-corrected chi connectivity index (χ3v) is 5.65. The van der Waals surface area contributed by atoms with Crippen molar-refractivity contribution >= 4 is 40.6 Å². The maximum absolute atomic E-state index is 12.1. The standard InChI is InChI=1S/C18H15N3O2S2/c19-10-14-13(15-7-4-8-24-15)9-16(22)21-18(14)25-11-17(23)20-12-5-2-1-3-6-12/h1-8,13H,9,11H2,(H,20,23)(H,21,22)/t13-/m1/s1. The summed E-state index contributed by atoms with van der Waals surface area (Å²) >= 11 is 2.70. The molecule has 0 saturated carbocycles. The minimum atomic E-state index is -0.238. The Balaban J connectivity index is 1.72. The molecule has 7 heteroatoms. The molecule has 0 radical (unpaired) electrons. The Morgan fingerprint density at radius 2 is 2.12 bits per heavy atom. The van der Waals surface area contributed by atoms with Crippen LogP contribution in [0.4, 0.5) is 5.69 Å². The molecule has 1 atom stereocenters. The Morgan fingerprint density at radius 3 is 2.80 bits per heavy atom. The Kier molecular flexibility index (Phi) is 5.53. The second kappa shape index (κ2) is 8.01. The molecule has 1 aliphatic heterocycles. The van der Waals surface area contributed by atoms with E-state index in [1.807, 2.05) is 35.7 Å². The summed E-state index contributed by atoms with van der Waals surface area (Å²) in [5, 5.41) is 17.5. The van der Waals surface area contributed by atoms with Crippen molar-refractivity contribution in [3.05, 3.63) is 63.3 Å². The fourth-order valence-corrected chi connectivity index (χ4v) is 4.24. The van der Waals surface area contributed by atoms with E-state index in [4.69, 9.17) is 0 Å². The molecule has 1 aliphatic rings. The highest BCUT2D eigenvalue weighted by atomic mass is 32.2. The zero-order valence-corrected chi connectivity index (χ0v) is 14.8. The highest BCUT2D eigenvalue weighted by molar-refractivity contribution is 8.03. The molecule has 2 amide bonds. The normalized spacial score (nSPS) is 16.9. The molecular formula is C18H15N3O2S2. The first-order valence-electron chi connectivity index (χ1n) is 7.62. The van der Waals surface area contributed by atoms with Crippen molar-refractivity contribution in [2.24, 2.45) is 0 Å². The van der Waals surface area contributed by atoms with Crippen molar-refractivity contribution < 1.29 is 9.59 Å². The Morgan fingerprint density at radius 1 is 1.32 bits per heavy atom. The number of nitrogens with one attached hydrogen (secondary N) is 2. The smallest absolute Gasteiger partial charge is 0.234 e. The summed E-state index contributed by atoms with van der Waals surface area (Å²) in [6, 6.07) is 15.2. The van der Waals surface area contributed by atoms with Gasteiger partial charge in [-0.2, -0.15) is 5.26 Å². The SMILES string of the molecule is N#CC1=C(SCC(=O)Nc2ccccc2)NC(=O)C[C@H]1c1cccs1. The lowest BCUT2D eigenvalue weighted by Crippen LogP contribution is -2.31. The van der Waals surface area contributed by atoms with Crippen LogP contribution >= 0.6 is 23.1 Å². The van der Waals surface area contributed by atoms with Gasteiger partial charge in [0.2, 0.25) is 11.8 Å². The number of amides is 2. The largest absolute Gasteiger partial charge is 0.325 e. The van der Waals surface area contributed by atoms with Gasteiger partial charge in [-0.15, -0.1) is 11.3 Å². The first-order chi connectivity index (χ1) is 12.2. The summed E-state index contributed by atoms with van der Waals surface area (Å²) in [5.41, 5.74) is 1.23. The van der Waals surface area contributed by atoms with Crippen molar-refractivity contribution in [3.8, 4) is 6.07 Å². The molecule has 25 heavy (non-hydrogen) atoms. The fourth-order valence-electron chi connectivity index (χ4n) is 2.52. The minimum Gasteiger partial charge on any atom is -0.325 e. The first-order valence-corrected chi connectivity index (χ1v) is 9.49. The van der Waals surface area contributed by atoms with Gasteiger partial charge in [-0.1, -0.05) is 36.0 Å². The van der Waals surface area contributed by atoms with Crippen LogP contribution in [0.2, 0.25) is 0 Å². The number of hydrogen-bond donors (Lipinski definition) is 2. The van der Waals surface area contributed by atoms with Crippen molar-refractivity contribution in [1.29, 1.82) is 5.26 Å². The second-order valence-corrected chi connectivity index (χ2v) is 7.34. The van der Waals surface area contributed by atoms with Crippen LogP contribution in [0.1, 0.15) is 17.2 Å². The van der Waals surface area contributed by atoms with Gasteiger partial charge in [-0.25, -0.2) is 0 Å². The summed E-state index contributed by atoms with van der Waals surface area (Å²) in [6.45, 7) is 0. The molecule has 3 rings (SSSR count). The predicted octanol–water partition coefficient (Wildman–Crippen LogP) is 3.46. The summed E-state index contributed by atoms with van der Waals surface area (Å²) < 4.78 is 0. The number of nitrogens with zero attached hydrogens (tertiary/aromatic N) is 1. The van der Waals surface area contributed by atoms with Crippen molar-refractivity contribution in [2.45, 2.75) is 12.3 Å². The van der Waals surface area contributed by atoms with Gasteiger partial charge in [0, 0.05) is 22.9 Å². The van der Waals surface area contributed by atoms with Crippen LogP contribution in [-0.4, -0.2) is 17.6 Å². The lowest BCUT2D eigenvalue weighted by molar-refractivity contribution is -0.121. The van der Waals surface area contributed by atoms with Crippen LogP contribution in [0.3, 0.4) is 0 Å². The van der Waals surface area contributed by atoms with Gasteiger partial charge in [0.25, 0.3) is 0 Å². The van der Waals surface area contributed by atoms with E-state index in [0.717, 1.165) is 4.88 Å². The average Bonchev–Trinajstić information content (AvgIpc) is 3.15. The van der Waals surface area contributed by atoms with Gasteiger partial charge in [-0.3, -0.25) is 9.59 Å². The third-order valence-electron chi connectivity index (χ3n) is 3.65. The molecule has 0 saturated heterocycles. The number of benzene rings is 1. The zero-order valence-electron chi connectivity index (χ0n) is 13.2. The van der Waals surface area contributed by atoms with Gasteiger partial charge in [0.1, 0.15) is 0 Å². The number of para-hydroxylation sites is 1. The topological polar surface area (TPSA) is 82.0 Å². The summed E-state index contributed by atoms with van der Waals surface area (Å²) in [5.74, 6) is -0.442. The fraction of sp³-hybridized carbons (Fsp3) is 0.167. The van der Waals surface area contributed by atoms with E-state index in [1.165, 1.54) is 23.1 Å². The molecule has 126 valence electrons. The van der Waals surface area contributed by atoms with Gasteiger partial charge in [0.15, 0.2) is 0 Å². The van der Waals surface area contributed by atoms with E-state index < -0.39 is 0 Å². The maximum Gasteiger partial charge on any atom is 0.234 e. The number of nitriles is 1. The highest BCUT2D eigenvalue weighted by Gasteiger charge is 2.30. The van der Waals surface area contributed by atoms with Crippen LogP contribution in [-0.2, 0) is 9.59 Å². The molecule has 2 aromatic rings. The van der Waals surface area contributed by atoms with E-state index in [1.54, 1.807) is 12.1 Å². The molecule has 0 spiro atoms. The van der Waals surface area contributed by atoms with Crippen LogP contribution < -0.4 is 10.6 Å². The third kappa shape index (κ3) is 4.29. The Labute approximate surface area is 153 Å². The minimum absolute atomic E-state index is 0.118. The van der Waals surface area contributed by atoms with Gasteiger partial charge >= 0.3 is 0 Å². The van der Waals surface area contributed by atoms with Crippen LogP contribution in [0.5, 0.6) is 0 Å². The molecule has 1 aromatic carbocycles. The number of carbonyl (C=O) groups excluding carboxylic acids is 2. The molecule has 0 fully saturated rings. The number of hydrogen-bond acceptors (Lipinski definition) is 5. The summed E-state index contributed by atoms with van der Waals surface area (Å²) in [7, 11) is 0. The molecule has 0 bridgehead atoms. The highest BCUT2D eigenvalue weighted by Crippen LogP contribution is 2.37. The van der Waals surface area contributed by atoms with Crippen molar-refractivity contribution in [1.82, 2.24) is 5.32 Å². The zero-order chi connectivity index (χ0) is 17.6. The molecule has 0 unspecified atom stereocenters. The summed E-state index contributed by atoms with van der Waals surface area (Å²) in [4.78, 5) is 25.1. The van der Waals surface area contributed by atoms with Gasteiger partial charge in [0.05, 0.1) is 22.4 Å². The quantitative estimate of drug-likeness (QED) is 0.846. The van der Waals surface area contributed by atoms with E-state index in [-0.39, 0.29) is 29.9 Å². The van der Waals surface area contributed by atoms with E-state index >= 15 is 0 Å². The molecule has 5 nitrogen and oxygen atoms in total. The van der Waals surface area contributed by atoms with E-state index in [2.05, 4.69) is 16.7 Å². The average molecular weight is 369 g/mol. The number of thiophene rings is 1. The van der Waals surface area contributed by atoms with Crippen LogP contribution in [0.25, 0.3) is 0 Å². The predicted molar refractivity (Wildman–Crippen MR) is 100.0 cm³/mol. The lowest BCUT2D eigenvalue weighted by Gasteiger charge is -2.23. The van der Waals surface area contributed by atoms with Crippen molar-refractivity contribution in [3.63, 3.8) is 0 Å². The molecule has 2 N–H and O–H groups in total. The summed E-state index contributed by atoms with van der Waals surface area (Å²) in [6.07, 6.45) is 0.254. The lowest BCUT2D eigenvalue weighted by atomic mass is 9.93. The molecular weight excluding hydrogens is 354 g/mol. The second-order valence-electron chi connectivity index (χ2n) is 5.38. The van der Waals surface area contributed by atoms with Crippen LogP contribution in [0, 0.1) is 11.3 Å². The molecule has 0 aliphatic carbocycles. The van der Waals surface area contributed by atoms with Crippen molar-refractivity contribution in [2.75, 3.05) is 11.1 Å². The first kappa shape index (κ1) is 17.3. The Bertz CT molecular complexity index is 839. The molecule has 1 aromatic heterocycles. The van der Waals surface area contributed by atoms with E-state index in [0.29, 0.717) is 16.3 Å². The number of anilines is 1. The number of thioether (sulfide) groups is 1. The Hall–Kier alpha value is -2.56.